The second-order valence-corrected chi connectivity index (χ2v) is 10.5. The van der Waals surface area contributed by atoms with Crippen LogP contribution in [0.25, 0.3) is 27.4 Å². The summed E-state index contributed by atoms with van der Waals surface area (Å²) in [7, 11) is -3.85. The van der Waals surface area contributed by atoms with Crippen molar-refractivity contribution in [3.8, 4) is 16.4 Å². The van der Waals surface area contributed by atoms with Crippen LogP contribution in [-0.2, 0) is 10.0 Å². The summed E-state index contributed by atoms with van der Waals surface area (Å²) in [6.07, 6.45) is 8.20. The van der Waals surface area contributed by atoms with Gasteiger partial charge >= 0.3 is 0 Å². The fraction of sp³-hybridized carbons (Fsp3) is 0.130. The van der Waals surface area contributed by atoms with Gasteiger partial charge < -0.3 is 4.98 Å². The summed E-state index contributed by atoms with van der Waals surface area (Å²) in [6.45, 7) is 1.65. The molecule has 0 aliphatic rings. The summed E-state index contributed by atoms with van der Waals surface area (Å²) < 4.78 is 57.9. The van der Waals surface area contributed by atoms with Crippen molar-refractivity contribution in [2.24, 2.45) is 0 Å². The molecule has 4 aromatic heterocycles. The zero-order chi connectivity index (χ0) is 25.4. The largest absolute Gasteiger partial charge is 0.345 e. The van der Waals surface area contributed by atoms with Gasteiger partial charge in [-0.1, -0.05) is 6.92 Å². The molecule has 5 rings (SSSR count). The molecule has 0 atom stereocenters. The summed E-state index contributed by atoms with van der Waals surface area (Å²) >= 11 is 1.38. The van der Waals surface area contributed by atoms with Gasteiger partial charge in [0.2, 0.25) is 15.8 Å². The Bertz CT molecular complexity index is 1690. The number of aromatic amines is 1. The number of ketones is 1. The molecule has 184 valence electrons. The highest BCUT2D eigenvalue weighted by molar-refractivity contribution is 7.92. The van der Waals surface area contributed by atoms with E-state index in [-0.39, 0.29) is 11.3 Å². The van der Waals surface area contributed by atoms with E-state index in [1.54, 1.807) is 42.5 Å². The first-order valence-corrected chi connectivity index (χ1v) is 13.2. The first-order valence-electron chi connectivity index (χ1n) is 10.7. The van der Waals surface area contributed by atoms with Crippen LogP contribution >= 0.6 is 11.3 Å². The topological polar surface area (TPSA) is 123 Å². The fourth-order valence-electron chi connectivity index (χ4n) is 3.68. The molecule has 0 saturated heterocycles. The van der Waals surface area contributed by atoms with E-state index >= 15 is 4.39 Å². The van der Waals surface area contributed by atoms with Crippen LogP contribution < -0.4 is 4.72 Å². The molecule has 2 N–H and O–H groups in total. The fourth-order valence-corrected chi connectivity index (χ4v) is 5.60. The van der Waals surface area contributed by atoms with Gasteiger partial charge in [-0.25, -0.2) is 32.2 Å². The Morgan fingerprint density at radius 3 is 2.86 bits per heavy atom. The zero-order valence-electron chi connectivity index (χ0n) is 18.7. The molecule has 0 amide bonds. The summed E-state index contributed by atoms with van der Waals surface area (Å²) in [6, 6.07) is 3.46. The minimum absolute atomic E-state index is 0.0178. The van der Waals surface area contributed by atoms with Crippen LogP contribution in [0, 0.1) is 11.6 Å². The first kappa shape index (κ1) is 23.8. The standard InChI is InChI=1S/C23H18F2N6O3S2/c1-2-7-36(33,34)30-17-4-3-16(24)19(20(17)25)21(32)15-10-28-22-14(15)8-13(9-27-22)18-11-35-23(29-18)31-6-5-26-12-31/h3-6,8-12,30H,2,7H2,1H3,(H,27,28). The van der Waals surface area contributed by atoms with Crippen molar-refractivity contribution >= 4 is 43.9 Å². The number of aromatic nitrogens is 5. The van der Waals surface area contributed by atoms with Gasteiger partial charge in [0.15, 0.2) is 10.9 Å². The Kier molecular flexibility index (Phi) is 6.10. The molecule has 13 heteroatoms. The number of nitrogens with zero attached hydrogens (tertiary/aromatic N) is 4. The van der Waals surface area contributed by atoms with Crippen LogP contribution in [0.4, 0.5) is 14.5 Å². The highest BCUT2D eigenvalue weighted by Gasteiger charge is 2.26. The van der Waals surface area contributed by atoms with Gasteiger partial charge in [-0.15, -0.1) is 11.3 Å². The van der Waals surface area contributed by atoms with Crippen molar-refractivity contribution < 1.29 is 22.0 Å². The van der Waals surface area contributed by atoms with Gasteiger partial charge in [-0.3, -0.25) is 14.1 Å². The predicted molar refractivity (Wildman–Crippen MR) is 132 cm³/mol. The number of H-pyrrole nitrogens is 1. The molecule has 36 heavy (non-hydrogen) atoms. The average Bonchev–Trinajstić information content (AvgIpc) is 3.60. The van der Waals surface area contributed by atoms with E-state index in [9.17, 15) is 17.6 Å². The molecule has 0 bridgehead atoms. The highest BCUT2D eigenvalue weighted by Crippen LogP contribution is 2.30. The summed E-state index contributed by atoms with van der Waals surface area (Å²) in [5.41, 5.74) is 0.155. The quantitative estimate of drug-likeness (QED) is 0.285. The number of carbonyl (C=O) groups excluding carboxylic acids is 1. The van der Waals surface area contributed by atoms with Crippen LogP contribution in [0.15, 0.2) is 54.7 Å². The first-order chi connectivity index (χ1) is 17.3. The number of nitrogens with one attached hydrogen (secondary N) is 2. The van der Waals surface area contributed by atoms with E-state index in [4.69, 9.17) is 0 Å². The maximum Gasteiger partial charge on any atom is 0.232 e. The molecule has 0 spiro atoms. The van der Waals surface area contributed by atoms with Crippen molar-refractivity contribution in [2.45, 2.75) is 13.3 Å². The van der Waals surface area contributed by atoms with E-state index in [1.165, 1.54) is 17.5 Å². The Hall–Kier alpha value is -3.97. The maximum atomic E-state index is 15.2. The normalized spacial score (nSPS) is 11.8. The molecule has 5 aromatic rings. The highest BCUT2D eigenvalue weighted by atomic mass is 32.2. The number of pyridine rings is 1. The van der Waals surface area contributed by atoms with Crippen LogP contribution in [0.2, 0.25) is 0 Å². The Morgan fingerprint density at radius 1 is 1.28 bits per heavy atom. The lowest BCUT2D eigenvalue weighted by atomic mass is 10.0. The van der Waals surface area contributed by atoms with E-state index in [0.29, 0.717) is 33.8 Å². The van der Waals surface area contributed by atoms with Gasteiger partial charge in [-0.05, 0) is 24.6 Å². The number of hydrogen-bond donors (Lipinski definition) is 2. The monoisotopic (exact) mass is 528 g/mol. The smallest absolute Gasteiger partial charge is 0.232 e. The second-order valence-electron chi connectivity index (χ2n) is 7.84. The third-order valence-electron chi connectivity index (χ3n) is 5.35. The maximum absolute atomic E-state index is 15.2. The molecule has 0 unspecified atom stereocenters. The molecular formula is C23H18F2N6O3S2. The number of carbonyl (C=O) groups is 1. The van der Waals surface area contributed by atoms with Crippen LogP contribution in [0.1, 0.15) is 29.3 Å². The molecule has 0 radical (unpaired) electrons. The number of sulfonamides is 1. The van der Waals surface area contributed by atoms with Gasteiger partial charge in [0.25, 0.3) is 0 Å². The molecule has 4 heterocycles. The van der Waals surface area contributed by atoms with Crippen LogP contribution in [-0.4, -0.2) is 44.5 Å². The van der Waals surface area contributed by atoms with E-state index in [1.807, 2.05) is 5.38 Å². The number of halogens is 2. The minimum Gasteiger partial charge on any atom is -0.345 e. The number of hydrogen-bond acceptors (Lipinski definition) is 7. The SMILES string of the molecule is CCCS(=O)(=O)Nc1ccc(F)c(C(=O)c2c[nH]c3ncc(-c4csc(-n5ccnc5)n4)cc23)c1F. The van der Waals surface area contributed by atoms with Crippen LogP contribution in [0.3, 0.4) is 0 Å². The van der Waals surface area contributed by atoms with E-state index in [0.717, 1.165) is 12.1 Å². The molecule has 9 nitrogen and oxygen atoms in total. The average molecular weight is 529 g/mol. The van der Waals surface area contributed by atoms with Crippen molar-refractivity contribution in [2.75, 3.05) is 10.5 Å². The predicted octanol–water partition coefficient (Wildman–Crippen LogP) is 4.53. The Morgan fingerprint density at radius 2 is 2.11 bits per heavy atom. The molecule has 0 saturated carbocycles. The van der Waals surface area contributed by atoms with Gasteiger partial charge in [0, 0.05) is 46.7 Å². The van der Waals surface area contributed by atoms with E-state index in [2.05, 4.69) is 24.7 Å². The van der Waals surface area contributed by atoms with Gasteiger partial charge in [0.1, 0.15) is 17.8 Å². The third-order valence-corrected chi connectivity index (χ3v) is 7.68. The molecule has 0 aliphatic heterocycles. The van der Waals surface area contributed by atoms with Crippen molar-refractivity contribution in [1.82, 2.24) is 24.5 Å². The summed E-state index contributed by atoms with van der Waals surface area (Å²) in [4.78, 5) is 29.0. The van der Waals surface area contributed by atoms with Gasteiger partial charge in [0.05, 0.1) is 22.7 Å². The number of benzene rings is 1. The van der Waals surface area contributed by atoms with Crippen molar-refractivity contribution in [3.05, 3.63) is 77.5 Å². The van der Waals surface area contributed by atoms with Crippen LogP contribution in [0.5, 0.6) is 0 Å². The van der Waals surface area contributed by atoms with Gasteiger partial charge in [-0.2, -0.15) is 0 Å². The number of imidazole rings is 1. The molecule has 0 fully saturated rings. The number of fused-ring (bicyclic) bond motifs is 1. The zero-order valence-corrected chi connectivity index (χ0v) is 20.3. The minimum atomic E-state index is -3.85. The number of thiazole rings is 1. The Labute approximate surface area is 207 Å². The third kappa shape index (κ3) is 4.38. The lowest BCUT2D eigenvalue weighted by Crippen LogP contribution is -2.18. The summed E-state index contributed by atoms with van der Waals surface area (Å²) in [5.74, 6) is -3.60. The van der Waals surface area contributed by atoms with Crippen molar-refractivity contribution in [1.29, 1.82) is 0 Å². The lowest BCUT2D eigenvalue weighted by molar-refractivity contribution is 0.103. The lowest BCUT2D eigenvalue weighted by Gasteiger charge is -2.11. The second kappa shape index (κ2) is 9.24. The summed E-state index contributed by atoms with van der Waals surface area (Å²) in [5, 5.41) is 2.84. The number of anilines is 1. The molecular weight excluding hydrogens is 510 g/mol. The number of rotatable bonds is 8. The van der Waals surface area contributed by atoms with Crippen molar-refractivity contribution in [3.63, 3.8) is 0 Å². The van der Waals surface area contributed by atoms with E-state index < -0.39 is 38.7 Å². The Balaban J connectivity index is 1.53. The molecule has 1 aromatic carbocycles. The molecule has 0 aliphatic carbocycles.